The van der Waals surface area contributed by atoms with Gasteiger partial charge in [0.05, 0.1) is 12.1 Å². The second kappa shape index (κ2) is 5.29. The Labute approximate surface area is 85.6 Å². The van der Waals surface area contributed by atoms with Gasteiger partial charge in [-0.05, 0) is 23.7 Å². The van der Waals surface area contributed by atoms with E-state index in [9.17, 15) is 4.39 Å². The third-order valence-corrected chi connectivity index (χ3v) is 1.54. The molecule has 1 aromatic rings. The minimum absolute atomic E-state index is 0.0265. The standard InChI is InChI=1S/C10H5FN4/c11-10-4-3-8(9(6-10)7-12)2-1-5-14-15-13/h3-4,6H,5H2. The van der Waals surface area contributed by atoms with E-state index in [0.29, 0.717) is 5.56 Å². The lowest BCUT2D eigenvalue weighted by Crippen LogP contribution is -1.85. The van der Waals surface area contributed by atoms with Gasteiger partial charge in [-0.2, -0.15) is 5.26 Å². The van der Waals surface area contributed by atoms with Crippen LogP contribution in [0.1, 0.15) is 11.1 Å². The molecule has 15 heavy (non-hydrogen) atoms. The molecule has 0 aliphatic rings. The molecule has 0 aromatic heterocycles. The van der Waals surface area contributed by atoms with E-state index >= 15 is 0 Å². The number of nitriles is 1. The summed E-state index contributed by atoms with van der Waals surface area (Å²) in [6.07, 6.45) is 0. The van der Waals surface area contributed by atoms with E-state index in [4.69, 9.17) is 10.8 Å². The van der Waals surface area contributed by atoms with Crippen LogP contribution in [0.3, 0.4) is 0 Å². The predicted molar refractivity (Wildman–Crippen MR) is 52.0 cm³/mol. The summed E-state index contributed by atoms with van der Waals surface area (Å²) in [6.45, 7) is 0.0265. The summed E-state index contributed by atoms with van der Waals surface area (Å²) in [5.41, 5.74) is 8.58. The van der Waals surface area contributed by atoms with Crippen molar-refractivity contribution in [3.63, 3.8) is 0 Å². The lowest BCUT2D eigenvalue weighted by atomic mass is 10.1. The topological polar surface area (TPSA) is 72.5 Å². The summed E-state index contributed by atoms with van der Waals surface area (Å²) in [5, 5.41) is 11.9. The molecule has 0 saturated carbocycles. The molecular weight excluding hydrogens is 195 g/mol. The van der Waals surface area contributed by atoms with Crippen molar-refractivity contribution in [3.8, 4) is 17.9 Å². The molecule has 1 aromatic carbocycles. The smallest absolute Gasteiger partial charge is 0.124 e. The average Bonchev–Trinajstić information content (AvgIpc) is 2.26. The molecule has 1 rings (SSSR count). The average molecular weight is 200 g/mol. The van der Waals surface area contributed by atoms with Gasteiger partial charge >= 0.3 is 0 Å². The Balaban J connectivity index is 2.98. The molecule has 0 heterocycles. The summed E-state index contributed by atoms with van der Waals surface area (Å²) in [5.74, 6) is 4.70. The van der Waals surface area contributed by atoms with E-state index in [1.165, 1.54) is 12.1 Å². The van der Waals surface area contributed by atoms with Crippen LogP contribution in [-0.2, 0) is 0 Å². The molecule has 0 radical (unpaired) electrons. The van der Waals surface area contributed by atoms with Crippen molar-refractivity contribution in [2.75, 3.05) is 6.54 Å². The van der Waals surface area contributed by atoms with Crippen molar-refractivity contribution in [3.05, 3.63) is 45.6 Å². The molecule has 0 aliphatic heterocycles. The first-order valence-electron chi connectivity index (χ1n) is 3.97. The molecule has 0 saturated heterocycles. The number of rotatable bonds is 1. The first-order chi connectivity index (χ1) is 7.27. The van der Waals surface area contributed by atoms with E-state index in [0.717, 1.165) is 6.07 Å². The number of nitrogens with zero attached hydrogens (tertiary/aromatic N) is 4. The fourth-order valence-corrected chi connectivity index (χ4v) is 0.920. The highest BCUT2D eigenvalue weighted by molar-refractivity contribution is 5.48. The highest BCUT2D eigenvalue weighted by atomic mass is 19.1. The molecule has 0 spiro atoms. The van der Waals surface area contributed by atoms with Gasteiger partial charge in [0.2, 0.25) is 0 Å². The monoisotopic (exact) mass is 200 g/mol. The third kappa shape index (κ3) is 3.04. The molecule has 5 heteroatoms. The summed E-state index contributed by atoms with van der Waals surface area (Å²) >= 11 is 0. The van der Waals surface area contributed by atoms with Gasteiger partial charge in [0.1, 0.15) is 11.9 Å². The summed E-state index contributed by atoms with van der Waals surface area (Å²) < 4.78 is 12.7. The van der Waals surface area contributed by atoms with E-state index < -0.39 is 5.82 Å². The predicted octanol–water partition coefficient (Wildman–Crippen LogP) is 2.36. The number of hydrogen-bond donors (Lipinski definition) is 0. The molecule has 0 fully saturated rings. The van der Waals surface area contributed by atoms with Gasteiger partial charge in [0.15, 0.2) is 0 Å². The summed E-state index contributed by atoms with van der Waals surface area (Å²) in [4.78, 5) is 2.52. The fraction of sp³-hybridized carbons (Fsp3) is 0.100. The third-order valence-electron chi connectivity index (χ3n) is 1.54. The first-order valence-corrected chi connectivity index (χ1v) is 3.97. The molecule has 0 bridgehead atoms. The zero-order valence-corrected chi connectivity index (χ0v) is 7.61. The van der Waals surface area contributed by atoms with Crippen molar-refractivity contribution < 1.29 is 4.39 Å². The fourth-order valence-electron chi connectivity index (χ4n) is 0.920. The van der Waals surface area contributed by atoms with Crippen LogP contribution in [0.5, 0.6) is 0 Å². The number of hydrogen-bond acceptors (Lipinski definition) is 2. The van der Waals surface area contributed by atoms with E-state index in [1.807, 2.05) is 6.07 Å². The Morgan fingerprint density at radius 3 is 2.93 bits per heavy atom. The van der Waals surface area contributed by atoms with Gasteiger partial charge in [-0.15, -0.1) is 0 Å². The molecule has 0 N–H and O–H groups in total. The van der Waals surface area contributed by atoms with Crippen molar-refractivity contribution >= 4 is 0 Å². The SMILES string of the molecule is N#Cc1cc(F)ccc1C#CCN=[N+]=[N-]. The molecule has 0 atom stereocenters. The van der Waals surface area contributed by atoms with Gasteiger partial charge in [0, 0.05) is 10.5 Å². The minimum Gasteiger partial charge on any atom is -0.207 e. The number of halogens is 1. The first kappa shape index (κ1) is 10.6. The molecule has 0 unspecified atom stereocenters. The highest BCUT2D eigenvalue weighted by Gasteiger charge is 1.99. The Hall–Kier alpha value is -2.49. The second-order valence-corrected chi connectivity index (χ2v) is 2.49. The van der Waals surface area contributed by atoms with Gasteiger partial charge in [-0.1, -0.05) is 17.0 Å². The van der Waals surface area contributed by atoms with Crippen LogP contribution in [0.15, 0.2) is 23.3 Å². The molecular formula is C10H5FN4. The van der Waals surface area contributed by atoms with Gasteiger partial charge in [-0.3, -0.25) is 0 Å². The van der Waals surface area contributed by atoms with Gasteiger partial charge in [0.25, 0.3) is 0 Å². The Morgan fingerprint density at radius 1 is 1.47 bits per heavy atom. The van der Waals surface area contributed by atoms with E-state index in [2.05, 4.69) is 21.9 Å². The largest absolute Gasteiger partial charge is 0.207 e. The van der Waals surface area contributed by atoms with Crippen molar-refractivity contribution in [1.82, 2.24) is 0 Å². The van der Waals surface area contributed by atoms with Crippen molar-refractivity contribution in [2.24, 2.45) is 5.11 Å². The second-order valence-electron chi connectivity index (χ2n) is 2.49. The maximum atomic E-state index is 12.7. The Morgan fingerprint density at radius 2 is 2.27 bits per heavy atom. The zero-order valence-electron chi connectivity index (χ0n) is 7.61. The van der Waals surface area contributed by atoms with E-state index in [1.54, 1.807) is 0 Å². The number of benzene rings is 1. The van der Waals surface area contributed by atoms with Crippen LogP contribution < -0.4 is 0 Å². The minimum atomic E-state index is -0.479. The van der Waals surface area contributed by atoms with Crippen molar-refractivity contribution in [1.29, 1.82) is 5.26 Å². The summed E-state index contributed by atoms with van der Waals surface area (Å²) in [6, 6.07) is 5.57. The van der Waals surface area contributed by atoms with Crippen LogP contribution in [0, 0.1) is 29.0 Å². The van der Waals surface area contributed by atoms with Crippen LogP contribution in [-0.4, -0.2) is 6.54 Å². The molecule has 4 nitrogen and oxygen atoms in total. The van der Waals surface area contributed by atoms with Crippen molar-refractivity contribution in [2.45, 2.75) is 0 Å². The lowest BCUT2D eigenvalue weighted by Gasteiger charge is -1.93. The van der Waals surface area contributed by atoms with Crippen LogP contribution in [0.25, 0.3) is 10.4 Å². The van der Waals surface area contributed by atoms with Crippen LogP contribution in [0.2, 0.25) is 0 Å². The maximum Gasteiger partial charge on any atom is 0.124 e. The highest BCUT2D eigenvalue weighted by Crippen LogP contribution is 2.08. The van der Waals surface area contributed by atoms with Gasteiger partial charge in [-0.25, -0.2) is 4.39 Å². The molecule has 72 valence electrons. The van der Waals surface area contributed by atoms with Gasteiger partial charge < -0.3 is 0 Å². The molecule has 0 amide bonds. The lowest BCUT2D eigenvalue weighted by molar-refractivity contribution is 0.627. The quantitative estimate of drug-likeness (QED) is 0.297. The normalized spacial score (nSPS) is 8.00. The molecule has 0 aliphatic carbocycles. The van der Waals surface area contributed by atoms with Crippen LogP contribution >= 0.6 is 0 Å². The Bertz CT molecular complexity index is 512. The van der Waals surface area contributed by atoms with Crippen LogP contribution in [0.4, 0.5) is 4.39 Å². The Kier molecular flexibility index (Phi) is 3.73. The number of azide groups is 1. The maximum absolute atomic E-state index is 12.7. The summed E-state index contributed by atoms with van der Waals surface area (Å²) in [7, 11) is 0. The van der Waals surface area contributed by atoms with E-state index in [-0.39, 0.29) is 12.1 Å². The zero-order chi connectivity index (χ0) is 11.1.